The molecule has 0 fully saturated rings. The first-order chi connectivity index (χ1) is 16.1. The van der Waals surface area contributed by atoms with Crippen molar-refractivity contribution in [3.63, 3.8) is 0 Å². The molecule has 0 aliphatic carbocycles. The summed E-state index contributed by atoms with van der Waals surface area (Å²) in [6, 6.07) is 17.4. The summed E-state index contributed by atoms with van der Waals surface area (Å²) in [5.41, 5.74) is 7.76. The number of benzene rings is 2. The normalized spacial score (nSPS) is 18.1. The third kappa shape index (κ3) is 6.18. The van der Waals surface area contributed by atoms with Gasteiger partial charge in [-0.25, -0.2) is 12.8 Å². The molecule has 1 atom stereocenters. The summed E-state index contributed by atoms with van der Waals surface area (Å²) in [5.74, 6) is -0.180. The highest BCUT2D eigenvalue weighted by molar-refractivity contribution is 7.90. The molecule has 7 nitrogen and oxygen atoms in total. The maximum atomic E-state index is 12.8. The van der Waals surface area contributed by atoms with Crippen molar-refractivity contribution >= 4 is 16.0 Å². The van der Waals surface area contributed by atoms with Crippen LogP contribution in [0.4, 0.5) is 4.39 Å². The maximum absolute atomic E-state index is 12.8. The topological polar surface area (TPSA) is 115 Å². The smallest absolute Gasteiger partial charge is 0.298 e. The van der Waals surface area contributed by atoms with Crippen LogP contribution in [-0.4, -0.2) is 36.7 Å². The Kier molecular flexibility index (Phi) is 8.01. The second-order valence-corrected chi connectivity index (χ2v) is 9.99. The fraction of sp³-hybridized carbons (Fsp3) is 0.280. The van der Waals surface area contributed by atoms with Gasteiger partial charge >= 0.3 is 0 Å². The van der Waals surface area contributed by atoms with Crippen LogP contribution in [0.1, 0.15) is 36.6 Å². The van der Waals surface area contributed by atoms with Crippen molar-refractivity contribution in [1.29, 1.82) is 0 Å². The van der Waals surface area contributed by atoms with E-state index < -0.39 is 20.9 Å². The number of hydrogen-bond acceptors (Lipinski definition) is 6. The highest BCUT2D eigenvalue weighted by atomic mass is 32.2. The van der Waals surface area contributed by atoms with Crippen LogP contribution in [0.25, 0.3) is 11.1 Å². The number of amidine groups is 1. The highest BCUT2D eigenvalue weighted by Gasteiger charge is 2.46. The lowest BCUT2D eigenvalue weighted by molar-refractivity contribution is 0.0827. The molecule has 1 unspecified atom stereocenters. The van der Waals surface area contributed by atoms with Gasteiger partial charge in [-0.2, -0.15) is 0 Å². The Hall–Kier alpha value is -3.30. The lowest BCUT2D eigenvalue weighted by Gasteiger charge is -2.36. The lowest BCUT2D eigenvalue weighted by Crippen LogP contribution is -2.45. The zero-order valence-electron chi connectivity index (χ0n) is 19.1. The van der Waals surface area contributed by atoms with Crippen LogP contribution in [-0.2, 0) is 21.2 Å². The lowest BCUT2D eigenvalue weighted by atomic mass is 9.95. The standard InChI is InChI=1S/C16H17N3O3S.C9H11FO/c1-16(2)14(23(20,21)19-15(17)22-16)13-5-3-11(4-6-13)12-7-9-18-10-8-12;10-9-6-2-1-4-8(9)5-3-7-11/h3-10,14H,1-2H3,(H2,17,19);1-2,4,6,11H,3,5,7H2. The number of nitrogens with two attached hydrogens (primary N) is 1. The van der Waals surface area contributed by atoms with Gasteiger partial charge in [0.25, 0.3) is 16.0 Å². The molecule has 1 aliphatic heterocycles. The summed E-state index contributed by atoms with van der Waals surface area (Å²) in [6.45, 7) is 3.50. The van der Waals surface area contributed by atoms with Crippen molar-refractivity contribution in [2.24, 2.45) is 10.1 Å². The van der Waals surface area contributed by atoms with Crippen LogP contribution in [0.3, 0.4) is 0 Å². The van der Waals surface area contributed by atoms with E-state index in [2.05, 4.69) is 9.38 Å². The van der Waals surface area contributed by atoms with Gasteiger partial charge in [0.1, 0.15) is 16.7 Å². The first-order valence-corrected chi connectivity index (χ1v) is 12.3. The Morgan fingerprint density at radius 1 is 1.03 bits per heavy atom. The van der Waals surface area contributed by atoms with Gasteiger partial charge in [0.05, 0.1) is 0 Å². The van der Waals surface area contributed by atoms with E-state index in [-0.39, 0.29) is 18.4 Å². The summed E-state index contributed by atoms with van der Waals surface area (Å²) in [6.07, 6.45) is 4.66. The molecule has 0 saturated heterocycles. The fourth-order valence-electron chi connectivity index (χ4n) is 3.82. The monoisotopic (exact) mass is 485 g/mol. The number of pyridine rings is 1. The van der Waals surface area contributed by atoms with Crippen LogP contribution in [0.2, 0.25) is 0 Å². The molecular formula is C25H28FN3O4S. The minimum absolute atomic E-state index is 0.119. The Balaban J connectivity index is 0.000000248. The number of hydrogen-bond donors (Lipinski definition) is 2. The van der Waals surface area contributed by atoms with Gasteiger partial charge in [0.15, 0.2) is 0 Å². The minimum atomic E-state index is -3.78. The number of aromatic nitrogens is 1. The van der Waals surface area contributed by atoms with Crippen LogP contribution in [0.5, 0.6) is 0 Å². The zero-order chi connectivity index (χ0) is 24.8. The molecule has 3 aromatic rings. The Labute approximate surface area is 199 Å². The number of aryl methyl sites for hydroxylation is 1. The molecule has 1 aromatic heterocycles. The number of nitrogens with zero attached hydrogens (tertiary/aromatic N) is 2. The first kappa shape index (κ1) is 25.3. The van der Waals surface area contributed by atoms with Crippen LogP contribution < -0.4 is 5.73 Å². The number of aliphatic hydroxyl groups is 1. The number of halogens is 1. The molecule has 0 bridgehead atoms. The predicted molar refractivity (Wildman–Crippen MR) is 130 cm³/mol. The molecule has 0 radical (unpaired) electrons. The highest BCUT2D eigenvalue weighted by Crippen LogP contribution is 2.40. The molecule has 9 heteroatoms. The number of sulfonamides is 1. The van der Waals surface area contributed by atoms with Crippen molar-refractivity contribution in [2.75, 3.05) is 6.61 Å². The van der Waals surface area contributed by atoms with Gasteiger partial charge in [0.2, 0.25) is 0 Å². The molecule has 0 amide bonds. The summed E-state index contributed by atoms with van der Waals surface area (Å²) in [5, 5.41) is 7.59. The van der Waals surface area contributed by atoms with E-state index in [9.17, 15) is 12.8 Å². The van der Waals surface area contributed by atoms with E-state index in [4.69, 9.17) is 15.6 Å². The Bertz CT molecular complexity index is 1230. The molecule has 2 aromatic carbocycles. The minimum Gasteiger partial charge on any atom is -0.457 e. The molecule has 180 valence electrons. The SMILES string of the molecule is CC1(C)OC(N)=NS(=O)(=O)C1c1ccc(-c2ccncc2)cc1.OCCCc1ccccc1F. The average Bonchev–Trinajstić information content (AvgIpc) is 2.78. The van der Waals surface area contributed by atoms with Crippen LogP contribution in [0, 0.1) is 5.82 Å². The van der Waals surface area contributed by atoms with Crippen molar-refractivity contribution in [3.05, 3.63) is 90.0 Å². The van der Waals surface area contributed by atoms with Crippen molar-refractivity contribution in [3.8, 4) is 11.1 Å². The molecule has 2 heterocycles. The largest absolute Gasteiger partial charge is 0.457 e. The fourth-order valence-corrected chi connectivity index (χ4v) is 5.48. The van der Waals surface area contributed by atoms with Gasteiger partial charge in [0, 0.05) is 19.0 Å². The second kappa shape index (κ2) is 10.8. The van der Waals surface area contributed by atoms with E-state index in [1.54, 1.807) is 56.6 Å². The van der Waals surface area contributed by atoms with Gasteiger partial charge < -0.3 is 15.6 Å². The van der Waals surface area contributed by atoms with E-state index in [0.29, 0.717) is 24.0 Å². The van der Waals surface area contributed by atoms with E-state index in [1.165, 1.54) is 6.07 Å². The van der Waals surface area contributed by atoms with Gasteiger partial charge in [-0.05, 0) is 67.1 Å². The first-order valence-electron chi connectivity index (χ1n) is 10.8. The molecule has 1 aliphatic rings. The average molecular weight is 486 g/mol. The molecule has 0 spiro atoms. The third-order valence-corrected chi connectivity index (χ3v) is 7.17. The summed E-state index contributed by atoms with van der Waals surface area (Å²) < 4.78 is 46.6. The molecule has 34 heavy (non-hydrogen) atoms. The molecular weight excluding hydrogens is 457 g/mol. The molecule has 0 saturated carbocycles. The number of rotatable bonds is 5. The van der Waals surface area contributed by atoms with Crippen LogP contribution in [0.15, 0.2) is 77.5 Å². The Morgan fingerprint density at radius 2 is 1.65 bits per heavy atom. The van der Waals surface area contributed by atoms with Gasteiger partial charge in [-0.3, -0.25) is 4.98 Å². The maximum Gasteiger partial charge on any atom is 0.298 e. The molecule has 4 rings (SSSR count). The zero-order valence-corrected chi connectivity index (χ0v) is 19.9. The van der Waals surface area contributed by atoms with Gasteiger partial charge in [-0.1, -0.05) is 42.5 Å². The third-order valence-electron chi connectivity index (χ3n) is 5.30. The quantitative estimate of drug-likeness (QED) is 0.565. The molecule has 3 N–H and O–H groups in total. The van der Waals surface area contributed by atoms with E-state index >= 15 is 0 Å². The van der Waals surface area contributed by atoms with Crippen LogP contribution >= 0.6 is 0 Å². The van der Waals surface area contributed by atoms with E-state index in [1.807, 2.05) is 24.3 Å². The van der Waals surface area contributed by atoms with Gasteiger partial charge in [-0.15, -0.1) is 4.40 Å². The number of aliphatic hydroxyl groups excluding tert-OH is 1. The van der Waals surface area contributed by atoms with Crippen molar-refractivity contribution in [1.82, 2.24) is 4.98 Å². The van der Waals surface area contributed by atoms with Crippen molar-refractivity contribution in [2.45, 2.75) is 37.5 Å². The van der Waals surface area contributed by atoms with E-state index in [0.717, 1.165) is 11.1 Å². The summed E-state index contributed by atoms with van der Waals surface area (Å²) in [4.78, 5) is 3.98. The predicted octanol–water partition coefficient (Wildman–Crippen LogP) is 3.99. The summed E-state index contributed by atoms with van der Waals surface area (Å²) in [7, 11) is -3.78. The second-order valence-electron chi connectivity index (χ2n) is 8.31. The number of ether oxygens (including phenoxy) is 1. The van der Waals surface area contributed by atoms with Crippen molar-refractivity contribution < 1.29 is 22.7 Å². The Morgan fingerprint density at radius 3 is 2.24 bits per heavy atom. The summed E-state index contributed by atoms with van der Waals surface area (Å²) >= 11 is 0.